The van der Waals surface area contributed by atoms with Crippen molar-refractivity contribution in [3.8, 4) is 11.4 Å². The van der Waals surface area contributed by atoms with E-state index in [0.717, 1.165) is 38.8 Å². The van der Waals surface area contributed by atoms with Crippen LogP contribution in [0.25, 0.3) is 11.4 Å². The molecular formula is C23H29FN4O4. The molecule has 2 saturated heterocycles. The Balaban J connectivity index is 1.20. The number of aromatic nitrogens is 2. The Morgan fingerprint density at radius 1 is 0.938 bits per heavy atom. The molecule has 1 aromatic carbocycles. The molecule has 3 heterocycles. The molecule has 172 valence electrons. The first kappa shape index (κ1) is 22.4. The van der Waals surface area contributed by atoms with Gasteiger partial charge in [0.1, 0.15) is 19.0 Å². The Kier molecular flexibility index (Phi) is 7.47. The lowest BCUT2D eigenvalue weighted by molar-refractivity contribution is -0.142. The third kappa shape index (κ3) is 5.70. The van der Waals surface area contributed by atoms with Gasteiger partial charge in [0.05, 0.1) is 0 Å². The first-order valence-corrected chi connectivity index (χ1v) is 11.3. The molecule has 32 heavy (non-hydrogen) atoms. The average Bonchev–Trinajstić information content (AvgIpc) is 3.14. The first-order chi connectivity index (χ1) is 15.6. The number of nitrogens with zero attached hydrogens (tertiary/aromatic N) is 4. The van der Waals surface area contributed by atoms with Crippen LogP contribution in [0.3, 0.4) is 0 Å². The van der Waals surface area contributed by atoms with Gasteiger partial charge in [-0.15, -0.1) is 0 Å². The largest absolute Gasteiger partial charge is 0.362 e. The van der Waals surface area contributed by atoms with Gasteiger partial charge in [-0.1, -0.05) is 18.0 Å². The van der Waals surface area contributed by atoms with Gasteiger partial charge in [0.15, 0.2) is 0 Å². The Morgan fingerprint density at radius 2 is 1.53 bits per heavy atom. The van der Waals surface area contributed by atoms with Crippen LogP contribution in [-0.4, -0.2) is 71.1 Å². The van der Waals surface area contributed by atoms with Gasteiger partial charge >= 0.3 is 0 Å². The van der Waals surface area contributed by atoms with E-state index in [2.05, 4.69) is 10.1 Å². The number of hydrogen-bond donors (Lipinski definition) is 0. The standard InChI is InChI=1S/C23H29FN4O4/c24-19-7-5-17(6-8-19)22-25-23(32-26-22)18-9-13-28(14-10-18)21(30)16-31-15-20(29)27-11-3-1-2-4-12-27/h5-8,18H,1-4,9-16H2. The summed E-state index contributed by atoms with van der Waals surface area (Å²) in [7, 11) is 0. The van der Waals surface area contributed by atoms with Crippen molar-refractivity contribution in [3.63, 3.8) is 0 Å². The van der Waals surface area contributed by atoms with E-state index in [4.69, 9.17) is 9.26 Å². The molecule has 1 aromatic heterocycles. The number of ether oxygens (including phenoxy) is 1. The third-order valence-corrected chi connectivity index (χ3v) is 6.15. The van der Waals surface area contributed by atoms with E-state index in [1.165, 1.54) is 12.1 Å². The molecule has 0 bridgehead atoms. The molecule has 0 saturated carbocycles. The molecule has 9 heteroatoms. The molecule has 0 atom stereocenters. The van der Waals surface area contributed by atoms with Gasteiger partial charge in [0.25, 0.3) is 0 Å². The minimum absolute atomic E-state index is 0.0354. The van der Waals surface area contributed by atoms with Crippen LogP contribution < -0.4 is 0 Å². The number of likely N-dealkylation sites (tertiary alicyclic amines) is 2. The first-order valence-electron chi connectivity index (χ1n) is 11.3. The summed E-state index contributed by atoms with van der Waals surface area (Å²) in [5.74, 6) is 0.587. The molecule has 0 N–H and O–H groups in total. The Hall–Kier alpha value is -2.81. The molecule has 2 aliphatic rings. The van der Waals surface area contributed by atoms with Crippen LogP contribution in [0.5, 0.6) is 0 Å². The molecular weight excluding hydrogens is 415 g/mol. The monoisotopic (exact) mass is 444 g/mol. The van der Waals surface area contributed by atoms with E-state index in [0.29, 0.717) is 43.2 Å². The second-order valence-electron chi connectivity index (χ2n) is 8.41. The van der Waals surface area contributed by atoms with Crippen LogP contribution in [0.4, 0.5) is 4.39 Å². The van der Waals surface area contributed by atoms with Crippen LogP contribution in [0, 0.1) is 5.82 Å². The number of piperidine rings is 1. The van der Waals surface area contributed by atoms with Crippen LogP contribution in [0.2, 0.25) is 0 Å². The fourth-order valence-corrected chi connectivity index (χ4v) is 4.22. The molecule has 2 fully saturated rings. The maximum atomic E-state index is 13.1. The van der Waals surface area contributed by atoms with Gasteiger partial charge in [-0.3, -0.25) is 9.59 Å². The molecule has 2 aliphatic heterocycles. The number of carbonyl (C=O) groups is 2. The third-order valence-electron chi connectivity index (χ3n) is 6.15. The highest BCUT2D eigenvalue weighted by Crippen LogP contribution is 2.28. The zero-order valence-corrected chi connectivity index (χ0v) is 18.2. The number of amides is 2. The van der Waals surface area contributed by atoms with Crippen LogP contribution in [-0.2, 0) is 14.3 Å². The van der Waals surface area contributed by atoms with Crippen LogP contribution in [0.15, 0.2) is 28.8 Å². The van der Waals surface area contributed by atoms with E-state index in [1.54, 1.807) is 17.0 Å². The lowest BCUT2D eigenvalue weighted by atomic mass is 9.97. The zero-order chi connectivity index (χ0) is 22.3. The Morgan fingerprint density at radius 3 is 2.16 bits per heavy atom. The number of carbonyl (C=O) groups excluding carboxylic acids is 2. The highest BCUT2D eigenvalue weighted by atomic mass is 19.1. The summed E-state index contributed by atoms with van der Waals surface area (Å²) in [5, 5.41) is 4.00. The highest BCUT2D eigenvalue weighted by molar-refractivity contribution is 5.79. The average molecular weight is 445 g/mol. The minimum atomic E-state index is -0.315. The van der Waals surface area contributed by atoms with Crippen molar-refractivity contribution in [2.75, 3.05) is 39.4 Å². The predicted octanol–water partition coefficient (Wildman–Crippen LogP) is 3.00. The molecule has 4 rings (SSSR count). The van der Waals surface area contributed by atoms with E-state index < -0.39 is 0 Å². The fraction of sp³-hybridized carbons (Fsp3) is 0.565. The Bertz CT molecular complexity index is 901. The van der Waals surface area contributed by atoms with Crippen LogP contribution in [0.1, 0.15) is 50.3 Å². The van der Waals surface area contributed by atoms with Gasteiger partial charge < -0.3 is 19.1 Å². The number of halogens is 1. The minimum Gasteiger partial charge on any atom is -0.362 e. The zero-order valence-electron chi connectivity index (χ0n) is 18.2. The van der Waals surface area contributed by atoms with Gasteiger partial charge in [-0.25, -0.2) is 4.39 Å². The second kappa shape index (κ2) is 10.7. The Labute approximate surface area is 186 Å². The molecule has 0 spiro atoms. The van der Waals surface area contributed by atoms with Gasteiger partial charge in [0, 0.05) is 37.7 Å². The summed E-state index contributed by atoms with van der Waals surface area (Å²) in [6, 6.07) is 5.95. The molecule has 0 aliphatic carbocycles. The maximum absolute atomic E-state index is 13.1. The summed E-state index contributed by atoms with van der Waals surface area (Å²) in [6.45, 7) is 2.57. The predicted molar refractivity (Wildman–Crippen MR) is 114 cm³/mol. The molecule has 0 radical (unpaired) electrons. The van der Waals surface area contributed by atoms with Gasteiger partial charge in [0.2, 0.25) is 23.5 Å². The van der Waals surface area contributed by atoms with E-state index in [1.807, 2.05) is 4.90 Å². The summed E-state index contributed by atoms with van der Waals surface area (Å²) in [6.07, 6.45) is 5.82. The lowest BCUT2D eigenvalue weighted by Gasteiger charge is -2.30. The van der Waals surface area contributed by atoms with Crippen molar-refractivity contribution in [1.82, 2.24) is 19.9 Å². The van der Waals surface area contributed by atoms with E-state index >= 15 is 0 Å². The maximum Gasteiger partial charge on any atom is 0.248 e. The molecule has 8 nitrogen and oxygen atoms in total. The number of hydrogen-bond acceptors (Lipinski definition) is 6. The van der Waals surface area contributed by atoms with Crippen molar-refractivity contribution in [2.24, 2.45) is 0 Å². The number of rotatable bonds is 6. The van der Waals surface area contributed by atoms with Crippen molar-refractivity contribution in [3.05, 3.63) is 36.0 Å². The lowest BCUT2D eigenvalue weighted by Crippen LogP contribution is -2.41. The summed E-state index contributed by atoms with van der Waals surface area (Å²) in [5.41, 5.74) is 0.695. The smallest absolute Gasteiger partial charge is 0.248 e. The van der Waals surface area contributed by atoms with Crippen molar-refractivity contribution >= 4 is 11.8 Å². The van der Waals surface area contributed by atoms with Crippen molar-refractivity contribution in [1.29, 1.82) is 0 Å². The van der Waals surface area contributed by atoms with E-state index in [-0.39, 0.29) is 36.8 Å². The van der Waals surface area contributed by atoms with Crippen molar-refractivity contribution in [2.45, 2.75) is 44.4 Å². The topological polar surface area (TPSA) is 88.8 Å². The normalized spacial score (nSPS) is 17.9. The molecule has 0 unspecified atom stereocenters. The van der Waals surface area contributed by atoms with Crippen molar-refractivity contribution < 1.29 is 23.2 Å². The quantitative estimate of drug-likeness (QED) is 0.681. The highest BCUT2D eigenvalue weighted by Gasteiger charge is 2.28. The number of benzene rings is 1. The SMILES string of the molecule is O=C(COCC(=O)N1CCC(c2nc(-c3ccc(F)cc3)no2)CC1)N1CCCCCC1. The van der Waals surface area contributed by atoms with Gasteiger partial charge in [-0.2, -0.15) is 4.98 Å². The van der Waals surface area contributed by atoms with E-state index in [9.17, 15) is 14.0 Å². The van der Waals surface area contributed by atoms with Crippen LogP contribution >= 0.6 is 0 Å². The second-order valence-corrected chi connectivity index (χ2v) is 8.41. The van der Waals surface area contributed by atoms with Gasteiger partial charge in [-0.05, 0) is 49.9 Å². The summed E-state index contributed by atoms with van der Waals surface area (Å²) < 4.78 is 23.9. The molecule has 2 aromatic rings. The molecule has 2 amide bonds. The summed E-state index contributed by atoms with van der Waals surface area (Å²) in [4.78, 5) is 32.8. The summed E-state index contributed by atoms with van der Waals surface area (Å²) >= 11 is 0. The fourth-order valence-electron chi connectivity index (χ4n) is 4.22.